The molecule has 1 saturated heterocycles. The second kappa shape index (κ2) is 6.86. The molecule has 2 aromatic rings. The van der Waals surface area contributed by atoms with Crippen molar-refractivity contribution in [2.45, 2.75) is 40.8 Å². The van der Waals surface area contributed by atoms with Crippen LogP contribution >= 0.6 is 0 Å². The maximum absolute atomic E-state index is 2.57. The molecule has 1 aliphatic rings. The first-order chi connectivity index (χ1) is 11.0. The lowest BCUT2D eigenvalue weighted by atomic mass is 9.99. The first kappa shape index (κ1) is 16.2. The van der Waals surface area contributed by atoms with Crippen LogP contribution in [0.15, 0.2) is 36.4 Å². The molecule has 1 aliphatic heterocycles. The maximum atomic E-state index is 2.57. The predicted octanol–water partition coefficient (Wildman–Crippen LogP) is 4.20. The second-order valence-corrected chi connectivity index (χ2v) is 7.05. The zero-order chi connectivity index (χ0) is 16.4. The Hall–Kier alpha value is -1.64. The molecule has 0 radical (unpaired) electrons. The van der Waals surface area contributed by atoms with Gasteiger partial charge in [-0.3, -0.25) is 9.80 Å². The summed E-state index contributed by atoms with van der Waals surface area (Å²) in [7, 11) is 0. The van der Waals surface area contributed by atoms with E-state index in [1.165, 1.54) is 39.9 Å². The van der Waals surface area contributed by atoms with Crippen molar-refractivity contribution < 1.29 is 0 Å². The third-order valence-electron chi connectivity index (χ3n) is 5.01. The minimum Gasteiger partial charge on any atom is -0.285 e. The lowest BCUT2D eigenvalue weighted by Crippen LogP contribution is -2.25. The van der Waals surface area contributed by atoms with Crippen molar-refractivity contribution in [2.75, 3.05) is 19.8 Å². The molecule has 0 unspecified atom stereocenters. The van der Waals surface area contributed by atoms with Gasteiger partial charge in [-0.15, -0.1) is 0 Å². The Bertz CT molecular complexity index is 667. The van der Waals surface area contributed by atoms with E-state index in [9.17, 15) is 0 Å². The third kappa shape index (κ3) is 3.82. The quantitative estimate of drug-likeness (QED) is 0.835. The average Bonchev–Trinajstić information content (AvgIpc) is 2.93. The molecule has 2 heteroatoms. The summed E-state index contributed by atoms with van der Waals surface area (Å²) in [4.78, 5) is 5.13. The van der Waals surface area contributed by atoms with E-state index in [1.807, 2.05) is 0 Å². The van der Waals surface area contributed by atoms with E-state index in [4.69, 9.17) is 0 Å². The molecule has 122 valence electrons. The highest BCUT2D eigenvalue weighted by molar-refractivity contribution is 5.37. The van der Waals surface area contributed by atoms with Gasteiger partial charge >= 0.3 is 0 Å². The molecule has 0 spiro atoms. The number of aryl methyl sites for hydroxylation is 4. The maximum Gasteiger partial charge on any atom is 0.0513 e. The Morgan fingerprint density at radius 3 is 2.04 bits per heavy atom. The molecular weight excluding hydrogens is 280 g/mol. The minimum absolute atomic E-state index is 1.06. The summed E-state index contributed by atoms with van der Waals surface area (Å²) in [5.41, 5.74) is 8.59. The molecule has 0 aliphatic carbocycles. The van der Waals surface area contributed by atoms with Gasteiger partial charge in [0.05, 0.1) is 6.67 Å². The molecule has 0 atom stereocenters. The molecule has 0 bridgehead atoms. The molecular formula is C21H28N2. The molecule has 0 amide bonds. The summed E-state index contributed by atoms with van der Waals surface area (Å²) in [5, 5.41) is 0. The normalized spacial score (nSPS) is 16.2. The molecule has 2 aromatic carbocycles. The summed E-state index contributed by atoms with van der Waals surface area (Å²) in [6, 6.07) is 13.4. The molecule has 0 saturated carbocycles. The Labute approximate surface area is 140 Å². The van der Waals surface area contributed by atoms with E-state index in [1.54, 1.807) is 0 Å². The van der Waals surface area contributed by atoms with E-state index in [0.29, 0.717) is 0 Å². The van der Waals surface area contributed by atoms with Crippen molar-refractivity contribution in [2.24, 2.45) is 0 Å². The molecule has 1 fully saturated rings. The van der Waals surface area contributed by atoms with Crippen LogP contribution in [-0.2, 0) is 13.1 Å². The van der Waals surface area contributed by atoms with Gasteiger partial charge < -0.3 is 0 Å². The van der Waals surface area contributed by atoms with Gasteiger partial charge in [-0.25, -0.2) is 0 Å². The lowest BCUT2D eigenvalue weighted by molar-refractivity contribution is 0.234. The first-order valence-electron chi connectivity index (χ1n) is 8.59. The van der Waals surface area contributed by atoms with Crippen LogP contribution < -0.4 is 0 Å². The fourth-order valence-corrected chi connectivity index (χ4v) is 3.68. The van der Waals surface area contributed by atoms with Crippen molar-refractivity contribution in [3.8, 4) is 0 Å². The zero-order valence-electron chi connectivity index (χ0n) is 14.9. The molecule has 3 rings (SSSR count). The summed E-state index contributed by atoms with van der Waals surface area (Å²) < 4.78 is 0. The number of nitrogens with zero attached hydrogens (tertiary/aromatic N) is 2. The number of hydrogen-bond acceptors (Lipinski definition) is 2. The summed E-state index contributed by atoms with van der Waals surface area (Å²) in [6.45, 7) is 14.4. The summed E-state index contributed by atoms with van der Waals surface area (Å²) in [6.07, 6.45) is 0. The summed E-state index contributed by atoms with van der Waals surface area (Å²) in [5.74, 6) is 0. The fraction of sp³-hybridized carbons (Fsp3) is 0.429. The van der Waals surface area contributed by atoms with Crippen LogP contribution in [0.3, 0.4) is 0 Å². The van der Waals surface area contributed by atoms with Gasteiger partial charge in [0.15, 0.2) is 0 Å². The Balaban J connectivity index is 1.63. The van der Waals surface area contributed by atoms with Crippen LogP contribution in [0.2, 0.25) is 0 Å². The van der Waals surface area contributed by atoms with Gasteiger partial charge in [0.25, 0.3) is 0 Å². The van der Waals surface area contributed by atoms with Crippen LogP contribution in [0.4, 0.5) is 0 Å². The average molecular weight is 308 g/mol. The van der Waals surface area contributed by atoms with Crippen molar-refractivity contribution in [1.82, 2.24) is 9.80 Å². The zero-order valence-corrected chi connectivity index (χ0v) is 14.9. The van der Waals surface area contributed by atoms with Gasteiger partial charge in [0.1, 0.15) is 0 Å². The van der Waals surface area contributed by atoms with Crippen molar-refractivity contribution in [1.29, 1.82) is 0 Å². The lowest BCUT2D eigenvalue weighted by Gasteiger charge is -2.21. The molecule has 23 heavy (non-hydrogen) atoms. The summed E-state index contributed by atoms with van der Waals surface area (Å²) >= 11 is 0. The second-order valence-electron chi connectivity index (χ2n) is 7.05. The van der Waals surface area contributed by atoms with E-state index >= 15 is 0 Å². The van der Waals surface area contributed by atoms with Crippen LogP contribution in [0, 0.1) is 27.7 Å². The van der Waals surface area contributed by atoms with Crippen LogP contribution in [-0.4, -0.2) is 29.6 Å². The monoisotopic (exact) mass is 308 g/mol. The van der Waals surface area contributed by atoms with Gasteiger partial charge in [-0.1, -0.05) is 42.0 Å². The van der Waals surface area contributed by atoms with Crippen molar-refractivity contribution in [3.05, 3.63) is 69.8 Å². The molecule has 0 aromatic heterocycles. The van der Waals surface area contributed by atoms with E-state index in [0.717, 1.165) is 26.3 Å². The van der Waals surface area contributed by atoms with Crippen LogP contribution in [0.25, 0.3) is 0 Å². The fourth-order valence-electron chi connectivity index (χ4n) is 3.68. The van der Waals surface area contributed by atoms with E-state index in [-0.39, 0.29) is 0 Å². The SMILES string of the molecule is Cc1cc(C)c(CN2CCN(Cc3ccccc3C)C2)c(C)c1. The Morgan fingerprint density at radius 2 is 1.39 bits per heavy atom. The third-order valence-corrected chi connectivity index (χ3v) is 5.01. The topological polar surface area (TPSA) is 6.48 Å². The van der Waals surface area contributed by atoms with Crippen LogP contribution in [0.1, 0.15) is 33.4 Å². The highest BCUT2D eigenvalue weighted by Crippen LogP contribution is 2.21. The smallest absolute Gasteiger partial charge is 0.0513 e. The highest BCUT2D eigenvalue weighted by Gasteiger charge is 2.21. The van der Waals surface area contributed by atoms with Crippen molar-refractivity contribution >= 4 is 0 Å². The van der Waals surface area contributed by atoms with Gasteiger partial charge in [-0.2, -0.15) is 0 Å². The highest BCUT2D eigenvalue weighted by atomic mass is 15.4. The Morgan fingerprint density at radius 1 is 0.783 bits per heavy atom. The number of hydrogen-bond donors (Lipinski definition) is 0. The Kier molecular flexibility index (Phi) is 4.84. The van der Waals surface area contributed by atoms with Crippen molar-refractivity contribution in [3.63, 3.8) is 0 Å². The number of benzene rings is 2. The standard InChI is InChI=1S/C21H28N2/c1-16-11-18(3)21(19(4)12-16)14-23-10-9-22(15-23)13-20-8-6-5-7-17(20)2/h5-8,11-12H,9-10,13-15H2,1-4H3. The molecule has 2 nitrogen and oxygen atoms in total. The van der Waals surface area contributed by atoms with E-state index < -0.39 is 0 Å². The van der Waals surface area contributed by atoms with Gasteiger partial charge in [-0.05, 0) is 55.5 Å². The minimum atomic E-state index is 1.06. The predicted molar refractivity (Wildman–Crippen MR) is 97.5 cm³/mol. The van der Waals surface area contributed by atoms with Crippen LogP contribution in [0.5, 0.6) is 0 Å². The van der Waals surface area contributed by atoms with Gasteiger partial charge in [0, 0.05) is 26.2 Å². The molecule has 0 N–H and O–H groups in total. The van der Waals surface area contributed by atoms with E-state index in [2.05, 4.69) is 73.9 Å². The number of rotatable bonds is 4. The molecule has 1 heterocycles. The largest absolute Gasteiger partial charge is 0.285 e. The first-order valence-corrected chi connectivity index (χ1v) is 8.59. The van der Waals surface area contributed by atoms with Gasteiger partial charge in [0.2, 0.25) is 0 Å².